The number of benzene rings is 2. The topological polar surface area (TPSA) is 17.1 Å². The van der Waals surface area contributed by atoms with Crippen LogP contribution in [-0.2, 0) is 0 Å². The molecule has 2 aromatic rings. The second-order valence-electron chi connectivity index (χ2n) is 3.19. The zero-order valence-electron chi connectivity index (χ0n) is 7.78. The van der Waals surface area contributed by atoms with Crippen LogP contribution in [0.3, 0.4) is 0 Å². The van der Waals surface area contributed by atoms with Gasteiger partial charge >= 0.3 is 6.43 Å². The molecule has 0 saturated carbocycles. The van der Waals surface area contributed by atoms with Gasteiger partial charge in [-0.2, -0.15) is 0 Å². The van der Waals surface area contributed by atoms with Gasteiger partial charge in [0.2, 0.25) is 5.78 Å². The van der Waals surface area contributed by atoms with E-state index in [4.69, 9.17) is 0 Å². The first kappa shape index (κ1) is 9.77. The Morgan fingerprint density at radius 3 is 2.40 bits per heavy atom. The molecule has 3 heteroatoms. The number of fused-ring (bicyclic) bond motifs is 1. The summed E-state index contributed by atoms with van der Waals surface area (Å²) in [4.78, 5) is 11.2. The van der Waals surface area contributed by atoms with Crippen molar-refractivity contribution in [2.24, 2.45) is 0 Å². The maximum Gasteiger partial charge on any atom is 0.300 e. The Balaban J connectivity index is 2.66. The molecule has 0 saturated heterocycles. The molecule has 0 N–H and O–H groups in total. The third-order valence-corrected chi connectivity index (χ3v) is 2.25. The van der Waals surface area contributed by atoms with Crippen molar-refractivity contribution in [3.05, 3.63) is 48.0 Å². The molecular weight excluding hydrogens is 198 g/mol. The van der Waals surface area contributed by atoms with E-state index in [-0.39, 0.29) is 5.56 Å². The van der Waals surface area contributed by atoms with E-state index in [9.17, 15) is 13.6 Å². The molecule has 1 nitrogen and oxygen atoms in total. The third-order valence-electron chi connectivity index (χ3n) is 2.25. The van der Waals surface area contributed by atoms with Crippen LogP contribution in [0.15, 0.2) is 42.5 Å². The number of halogens is 2. The van der Waals surface area contributed by atoms with E-state index in [0.29, 0.717) is 5.39 Å². The highest BCUT2D eigenvalue weighted by molar-refractivity contribution is 6.09. The molecular formula is C12H8F2O. The molecule has 0 amide bonds. The van der Waals surface area contributed by atoms with E-state index >= 15 is 0 Å². The molecule has 0 atom stereocenters. The predicted octanol–water partition coefficient (Wildman–Crippen LogP) is 3.29. The van der Waals surface area contributed by atoms with Crippen LogP contribution in [0.5, 0.6) is 0 Å². The maximum atomic E-state index is 12.3. The second kappa shape index (κ2) is 3.77. The van der Waals surface area contributed by atoms with Crippen molar-refractivity contribution in [3.8, 4) is 0 Å². The highest BCUT2D eigenvalue weighted by Crippen LogP contribution is 2.20. The van der Waals surface area contributed by atoms with Gasteiger partial charge in [0.05, 0.1) is 0 Å². The van der Waals surface area contributed by atoms with E-state index < -0.39 is 12.2 Å². The first-order valence-corrected chi connectivity index (χ1v) is 4.50. The van der Waals surface area contributed by atoms with E-state index in [1.807, 2.05) is 0 Å². The SMILES string of the molecule is O=C(c1cccc2ccccc12)C(F)F. The van der Waals surface area contributed by atoms with Gasteiger partial charge in [-0.25, -0.2) is 8.78 Å². The Bertz CT molecular complexity index is 500. The van der Waals surface area contributed by atoms with Crippen molar-refractivity contribution in [1.29, 1.82) is 0 Å². The molecule has 76 valence electrons. The minimum Gasteiger partial charge on any atom is -0.288 e. The number of carbonyl (C=O) groups excluding carboxylic acids is 1. The number of Topliss-reactive ketones (excluding diaryl/α,β-unsaturated/α-hetero) is 1. The van der Waals surface area contributed by atoms with Crippen LogP contribution in [0, 0.1) is 0 Å². The van der Waals surface area contributed by atoms with Crippen LogP contribution < -0.4 is 0 Å². The Hall–Kier alpha value is -1.77. The van der Waals surface area contributed by atoms with Crippen LogP contribution in [0.4, 0.5) is 8.78 Å². The van der Waals surface area contributed by atoms with Gasteiger partial charge in [-0.1, -0.05) is 42.5 Å². The van der Waals surface area contributed by atoms with Crippen LogP contribution in [0.2, 0.25) is 0 Å². The summed E-state index contributed by atoms with van der Waals surface area (Å²) in [6, 6.07) is 11.8. The fourth-order valence-electron chi connectivity index (χ4n) is 1.56. The zero-order valence-corrected chi connectivity index (χ0v) is 7.78. The molecule has 0 fully saturated rings. The highest BCUT2D eigenvalue weighted by atomic mass is 19.3. The van der Waals surface area contributed by atoms with Gasteiger partial charge in [0.25, 0.3) is 0 Å². The number of rotatable bonds is 2. The molecule has 15 heavy (non-hydrogen) atoms. The van der Waals surface area contributed by atoms with Crippen LogP contribution >= 0.6 is 0 Å². The molecule has 0 heterocycles. The second-order valence-corrected chi connectivity index (χ2v) is 3.19. The molecule has 0 unspecified atom stereocenters. The summed E-state index contributed by atoms with van der Waals surface area (Å²) in [5.41, 5.74) is 0.0862. The summed E-state index contributed by atoms with van der Waals surface area (Å²) in [7, 11) is 0. The van der Waals surface area contributed by atoms with E-state index in [0.717, 1.165) is 5.39 Å². The molecule has 0 aliphatic heterocycles. The van der Waals surface area contributed by atoms with E-state index in [1.54, 1.807) is 36.4 Å². The summed E-state index contributed by atoms with van der Waals surface area (Å²) in [5.74, 6) is -1.12. The summed E-state index contributed by atoms with van der Waals surface area (Å²) < 4.78 is 24.6. The van der Waals surface area contributed by atoms with Crippen LogP contribution in [-0.4, -0.2) is 12.2 Å². The number of alkyl halides is 2. The lowest BCUT2D eigenvalue weighted by molar-refractivity contribution is 0.0680. The summed E-state index contributed by atoms with van der Waals surface area (Å²) >= 11 is 0. The molecule has 0 aromatic heterocycles. The smallest absolute Gasteiger partial charge is 0.288 e. The standard InChI is InChI=1S/C12H8F2O/c13-12(14)11(15)10-7-3-5-8-4-1-2-6-9(8)10/h1-7,12H. The number of carbonyl (C=O) groups is 1. The zero-order chi connectivity index (χ0) is 10.8. The van der Waals surface area contributed by atoms with Gasteiger partial charge < -0.3 is 0 Å². The van der Waals surface area contributed by atoms with Gasteiger partial charge in [-0.15, -0.1) is 0 Å². The maximum absolute atomic E-state index is 12.3. The van der Waals surface area contributed by atoms with Crippen LogP contribution in [0.25, 0.3) is 10.8 Å². The number of ketones is 1. The van der Waals surface area contributed by atoms with Gasteiger partial charge in [-0.3, -0.25) is 4.79 Å². The summed E-state index contributed by atoms with van der Waals surface area (Å²) in [6.45, 7) is 0. The van der Waals surface area contributed by atoms with Crippen LogP contribution in [0.1, 0.15) is 10.4 Å². The monoisotopic (exact) mass is 206 g/mol. The lowest BCUT2D eigenvalue weighted by Crippen LogP contribution is -2.10. The average Bonchev–Trinajstić information content (AvgIpc) is 2.27. The normalized spacial score (nSPS) is 10.9. The number of hydrogen-bond acceptors (Lipinski definition) is 1. The van der Waals surface area contributed by atoms with Crippen molar-refractivity contribution < 1.29 is 13.6 Å². The Morgan fingerprint density at radius 2 is 1.67 bits per heavy atom. The molecule has 2 aromatic carbocycles. The minimum absolute atomic E-state index is 0.0862. The van der Waals surface area contributed by atoms with E-state index in [2.05, 4.69) is 0 Å². The largest absolute Gasteiger partial charge is 0.300 e. The van der Waals surface area contributed by atoms with Gasteiger partial charge in [0.15, 0.2) is 0 Å². The van der Waals surface area contributed by atoms with Crippen molar-refractivity contribution >= 4 is 16.6 Å². The van der Waals surface area contributed by atoms with Gasteiger partial charge in [-0.05, 0) is 10.8 Å². The Labute approximate surface area is 85.3 Å². The Morgan fingerprint density at radius 1 is 1.00 bits per heavy atom. The molecule has 0 bridgehead atoms. The molecule has 2 rings (SSSR count). The van der Waals surface area contributed by atoms with Crippen molar-refractivity contribution in [2.45, 2.75) is 6.43 Å². The highest BCUT2D eigenvalue weighted by Gasteiger charge is 2.19. The summed E-state index contributed by atoms with van der Waals surface area (Å²) in [5, 5.41) is 1.37. The lowest BCUT2D eigenvalue weighted by atomic mass is 10.0. The quantitative estimate of drug-likeness (QED) is 0.689. The van der Waals surface area contributed by atoms with Crippen molar-refractivity contribution in [1.82, 2.24) is 0 Å². The van der Waals surface area contributed by atoms with E-state index in [1.165, 1.54) is 6.07 Å². The third kappa shape index (κ3) is 1.73. The van der Waals surface area contributed by atoms with Gasteiger partial charge in [0.1, 0.15) is 0 Å². The molecule has 0 spiro atoms. The molecule has 0 radical (unpaired) electrons. The predicted molar refractivity (Wildman–Crippen MR) is 54.3 cm³/mol. The average molecular weight is 206 g/mol. The fourth-order valence-corrected chi connectivity index (χ4v) is 1.56. The molecule has 0 aliphatic carbocycles. The summed E-state index contributed by atoms with van der Waals surface area (Å²) in [6.07, 6.45) is -2.95. The lowest BCUT2D eigenvalue weighted by Gasteiger charge is -2.04. The van der Waals surface area contributed by atoms with Crippen molar-refractivity contribution in [3.63, 3.8) is 0 Å². The Kier molecular flexibility index (Phi) is 2.46. The first-order chi connectivity index (χ1) is 7.20. The fraction of sp³-hybridized carbons (Fsp3) is 0.0833. The van der Waals surface area contributed by atoms with Gasteiger partial charge in [0, 0.05) is 5.56 Å². The van der Waals surface area contributed by atoms with Crippen molar-refractivity contribution in [2.75, 3.05) is 0 Å². The molecule has 0 aliphatic rings. The first-order valence-electron chi connectivity index (χ1n) is 4.50. The minimum atomic E-state index is -2.95. The number of hydrogen-bond donors (Lipinski definition) is 0.